The van der Waals surface area contributed by atoms with E-state index in [4.69, 9.17) is 5.73 Å². The number of carbonyl (C=O) groups excluding carboxylic acids is 1. The number of nitrogens with two attached hydrogens (primary N) is 1. The molecule has 0 saturated carbocycles. The van der Waals surface area contributed by atoms with Gasteiger partial charge in [-0.05, 0) is 6.92 Å². The third-order valence-corrected chi connectivity index (χ3v) is 2.30. The first kappa shape index (κ1) is 18.0. The van der Waals surface area contributed by atoms with Gasteiger partial charge < -0.3 is 15.2 Å². The average Bonchev–Trinajstić information content (AvgIpc) is 2.34. The molecule has 1 aromatic rings. The lowest BCUT2D eigenvalue weighted by Crippen LogP contribution is -2.25. The molecule has 0 amide bonds. The first-order valence-electron chi connectivity index (χ1n) is 5.73. The van der Waals surface area contributed by atoms with Crippen LogP contribution < -0.4 is 10.5 Å². The number of halogens is 6. The van der Waals surface area contributed by atoms with Crippen LogP contribution in [0.5, 0.6) is 5.75 Å². The summed E-state index contributed by atoms with van der Waals surface area (Å²) in [5, 5.41) is 0. The molecule has 5 nitrogen and oxygen atoms in total. The summed E-state index contributed by atoms with van der Waals surface area (Å²) in [6.45, 7) is 0.269. The van der Waals surface area contributed by atoms with Crippen molar-refractivity contribution in [2.75, 3.05) is 6.61 Å². The first-order valence-corrected chi connectivity index (χ1v) is 5.73. The molecule has 1 rings (SSSR count). The Morgan fingerprint density at radius 3 is 2.27 bits per heavy atom. The second-order valence-electron chi connectivity index (χ2n) is 3.79. The van der Waals surface area contributed by atoms with Crippen molar-refractivity contribution in [3.63, 3.8) is 0 Å². The molecule has 124 valence electrons. The summed E-state index contributed by atoms with van der Waals surface area (Å²) >= 11 is 0. The number of carbonyl (C=O) groups is 1. The van der Waals surface area contributed by atoms with Gasteiger partial charge in [0.1, 0.15) is 11.1 Å². The molecule has 0 atom stereocenters. The number of alkyl halides is 6. The molecule has 0 fully saturated rings. The Balaban J connectivity index is 3.62. The van der Waals surface area contributed by atoms with Crippen molar-refractivity contribution in [3.8, 4) is 5.75 Å². The highest BCUT2D eigenvalue weighted by Gasteiger charge is 2.44. The maximum Gasteiger partial charge on any atom is 0.573 e. The minimum Gasteiger partial charge on any atom is -0.462 e. The quantitative estimate of drug-likeness (QED) is 0.678. The fraction of sp³-hybridized carbons (Fsp3) is 0.455. The Morgan fingerprint density at radius 1 is 1.27 bits per heavy atom. The van der Waals surface area contributed by atoms with Gasteiger partial charge in [0, 0.05) is 12.7 Å². The Bertz CT molecular complexity index is 556. The molecule has 0 aromatic carbocycles. The molecule has 0 aliphatic heterocycles. The maximum atomic E-state index is 13.0. The van der Waals surface area contributed by atoms with Gasteiger partial charge in [0.25, 0.3) is 0 Å². The fourth-order valence-corrected chi connectivity index (χ4v) is 1.55. The second kappa shape index (κ2) is 6.38. The molecule has 0 aliphatic rings. The molecule has 2 N–H and O–H groups in total. The van der Waals surface area contributed by atoms with E-state index in [-0.39, 0.29) is 6.61 Å². The van der Waals surface area contributed by atoms with Gasteiger partial charge in [0.15, 0.2) is 5.75 Å². The van der Waals surface area contributed by atoms with Crippen LogP contribution in [0.1, 0.15) is 28.5 Å². The highest BCUT2D eigenvalue weighted by Crippen LogP contribution is 2.42. The van der Waals surface area contributed by atoms with Crippen LogP contribution in [0.4, 0.5) is 26.3 Å². The predicted octanol–water partition coefficient (Wildman–Crippen LogP) is 2.63. The van der Waals surface area contributed by atoms with E-state index >= 15 is 0 Å². The lowest BCUT2D eigenvalue weighted by Gasteiger charge is -2.19. The zero-order valence-electron chi connectivity index (χ0n) is 11.0. The Labute approximate surface area is 120 Å². The minimum absolute atomic E-state index is 0.260. The molecule has 11 heteroatoms. The number of ether oxygens (including phenoxy) is 2. The lowest BCUT2D eigenvalue weighted by molar-refractivity contribution is -0.276. The van der Waals surface area contributed by atoms with E-state index < -0.39 is 47.6 Å². The maximum absolute atomic E-state index is 13.0. The van der Waals surface area contributed by atoms with E-state index in [9.17, 15) is 31.1 Å². The van der Waals surface area contributed by atoms with Crippen molar-refractivity contribution in [3.05, 3.63) is 23.0 Å². The molecule has 0 saturated heterocycles. The van der Waals surface area contributed by atoms with Gasteiger partial charge >= 0.3 is 18.5 Å². The van der Waals surface area contributed by atoms with Crippen LogP contribution in [0.3, 0.4) is 0 Å². The van der Waals surface area contributed by atoms with E-state index in [0.717, 1.165) is 0 Å². The van der Waals surface area contributed by atoms with E-state index in [1.807, 2.05) is 0 Å². The van der Waals surface area contributed by atoms with Gasteiger partial charge in [-0.3, -0.25) is 4.98 Å². The van der Waals surface area contributed by atoms with Gasteiger partial charge in [0.2, 0.25) is 0 Å². The Morgan fingerprint density at radius 2 is 1.86 bits per heavy atom. The zero-order chi connectivity index (χ0) is 17.1. The molecular formula is C11H10F6N2O3. The van der Waals surface area contributed by atoms with E-state index in [2.05, 4.69) is 14.5 Å². The molecule has 0 bridgehead atoms. The molecule has 0 radical (unpaired) electrons. The van der Waals surface area contributed by atoms with Crippen LogP contribution >= 0.6 is 0 Å². The largest absolute Gasteiger partial charge is 0.573 e. The molecule has 0 aliphatic carbocycles. The standard InChI is InChI=1S/C11H10F6N2O3/c1-2-21-9(20)5-4-19-6(3-18)7(10(12,13)14)8(5)22-11(15,16)17/h4H,2-3,18H2,1H3. The summed E-state index contributed by atoms with van der Waals surface area (Å²) in [6, 6.07) is 0. The Kier molecular flexibility index (Phi) is 5.22. The van der Waals surface area contributed by atoms with Crippen molar-refractivity contribution in [1.29, 1.82) is 0 Å². The zero-order valence-corrected chi connectivity index (χ0v) is 11.0. The first-order chi connectivity index (χ1) is 10.0. The Hall–Kier alpha value is -2.04. The number of rotatable bonds is 4. The number of aromatic nitrogens is 1. The monoisotopic (exact) mass is 332 g/mol. The van der Waals surface area contributed by atoms with Crippen LogP contribution in [0.25, 0.3) is 0 Å². The SMILES string of the molecule is CCOC(=O)c1cnc(CN)c(C(F)(F)F)c1OC(F)(F)F. The summed E-state index contributed by atoms with van der Waals surface area (Å²) < 4.78 is 83.9. The number of hydrogen-bond acceptors (Lipinski definition) is 5. The number of hydrogen-bond donors (Lipinski definition) is 1. The van der Waals surface area contributed by atoms with Crippen molar-refractivity contribution in [2.45, 2.75) is 26.0 Å². The van der Waals surface area contributed by atoms with Gasteiger partial charge in [-0.2, -0.15) is 13.2 Å². The normalized spacial score (nSPS) is 12.2. The molecule has 0 spiro atoms. The smallest absolute Gasteiger partial charge is 0.462 e. The molecule has 1 aromatic heterocycles. The van der Waals surface area contributed by atoms with E-state index in [0.29, 0.717) is 6.20 Å². The van der Waals surface area contributed by atoms with Crippen molar-refractivity contribution in [1.82, 2.24) is 4.98 Å². The minimum atomic E-state index is -5.45. The summed E-state index contributed by atoms with van der Waals surface area (Å²) in [4.78, 5) is 14.8. The van der Waals surface area contributed by atoms with Crippen LogP contribution in [-0.4, -0.2) is 23.9 Å². The van der Waals surface area contributed by atoms with Crippen LogP contribution in [0.2, 0.25) is 0 Å². The number of pyridine rings is 1. The average molecular weight is 332 g/mol. The molecule has 1 heterocycles. The van der Waals surface area contributed by atoms with Crippen LogP contribution in [0.15, 0.2) is 6.20 Å². The number of nitrogens with zero attached hydrogens (tertiary/aromatic N) is 1. The predicted molar refractivity (Wildman–Crippen MR) is 59.8 cm³/mol. The van der Waals surface area contributed by atoms with Crippen molar-refractivity contribution in [2.24, 2.45) is 5.73 Å². The fourth-order valence-electron chi connectivity index (χ4n) is 1.55. The summed E-state index contributed by atoms with van der Waals surface area (Å²) in [5.74, 6) is -3.16. The molecular weight excluding hydrogens is 322 g/mol. The van der Waals surface area contributed by atoms with Crippen molar-refractivity contribution < 1.29 is 40.6 Å². The van der Waals surface area contributed by atoms with Gasteiger partial charge in [-0.1, -0.05) is 0 Å². The van der Waals surface area contributed by atoms with E-state index in [1.54, 1.807) is 0 Å². The lowest BCUT2D eigenvalue weighted by atomic mass is 10.1. The molecule has 0 unspecified atom stereocenters. The summed E-state index contributed by atoms with van der Waals surface area (Å²) in [6.07, 6.45) is -10.2. The van der Waals surface area contributed by atoms with Crippen molar-refractivity contribution >= 4 is 5.97 Å². The van der Waals surface area contributed by atoms with Gasteiger partial charge in [-0.25, -0.2) is 4.79 Å². The van der Waals surface area contributed by atoms with Gasteiger partial charge in [0.05, 0.1) is 12.3 Å². The second-order valence-corrected chi connectivity index (χ2v) is 3.79. The number of esters is 1. The van der Waals surface area contributed by atoms with Gasteiger partial charge in [-0.15, -0.1) is 13.2 Å². The van der Waals surface area contributed by atoms with E-state index in [1.165, 1.54) is 6.92 Å². The highest BCUT2D eigenvalue weighted by atomic mass is 19.4. The van der Waals surface area contributed by atoms with Crippen LogP contribution in [-0.2, 0) is 17.5 Å². The molecule has 22 heavy (non-hydrogen) atoms. The highest BCUT2D eigenvalue weighted by molar-refractivity contribution is 5.93. The summed E-state index contributed by atoms with van der Waals surface area (Å²) in [5.41, 5.74) is 1.20. The topological polar surface area (TPSA) is 74.4 Å². The third kappa shape index (κ3) is 4.23. The summed E-state index contributed by atoms with van der Waals surface area (Å²) in [7, 11) is 0. The van der Waals surface area contributed by atoms with Crippen LogP contribution in [0, 0.1) is 0 Å². The third-order valence-electron chi connectivity index (χ3n) is 2.30.